The first kappa shape index (κ1) is 73.9. The van der Waals surface area contributed by atoms with Crippen LogP contribution >= 0.6 is 58.0 Å². The first-order valence-corrected chi connectivity index (χ1v) is 37.8. The molecule has 7 atom stereocenters. The largest absolute Gasteiger partial charge is 0.416 e. The van der Waals surface area contributed by atoms with Crippen LogP contribution in [0.3, 0.4) is 0 Å². The summed E-state index contributed by atoms with van der Waals surface area (Å²) < 4.78 is 46.8. The number of carbonyl (C=O) groups is 3. The van der Waals surface area contributed by atoms with E-state index in [0.29, 0.717) is 39.7 Å². The van der Waals surface area contributed by atoms with Crippen LogP contribution < -0.4 is 26.2 Å². The molecule has 544 valence electrons. The molecule has 3 unspecified atom stereocenters. The van der Waals surface area contributed by atoms with Crippen LogP contribution in [0.15, 0.2) is 134 Å². The van der Waals surface area contributed by atoms with Crippen LogP contribution in [0.2, 0.25) is 25.1 Å². The van der Waals surface area contributed by atoms with Crippen LogP contribution in [-0.2, 0) is 20.6 Å². The maximum absolute atomic E-state index is 13.7. The van der Waals surface area contributed by atoms with Crippen LogP contribution in [0.1, 0.15) is 145 Å². The Balaban J connectivity index is 0.000000138. The molecule has 25 heteroatoms. The molecule has 6 aromatic carbocycles. The maximum atomic E-state index is 13.7. The van der Waals surface area contributed by atoms with Crippen LogP contribution in [-0.4, -0.2) is 157 Å². The van der Waals surface area contributed by atoms with E-state index in [4.69, 9.17) is 63.7 Å². The Labute approximate surface area is 624 Å². The molecule has 6 aliphatic rings. The molecule has 0 radical (unpaired) electrons. The van der Waals surface area contributed by atoms with Gasteiger partial charge in [-0.2, -0.15) is 28.5 Å². The monoisotopic (exact) mass is 1500 g/mol. The maximum Gasteiger partial charge on any atom is 0.416 e. The summed E-state index contributed by atoms with van der Waals surface area (Å²) >= 11 is 31.0. The normalized spacial score (nSPS) is 21.1. The van der Waals surface area contributed by atoms with Gasteiger partial charge in [0.05, 0.1) is 76.5 Å². The molecular formula is C78H88Cl5F3N14O3. The predicted octanol–water partition coefficient (Wildman–Crippen LogP) is 16.1. The topological polar surface area (TPSA) is 171 Å². The van der Waals surface area contributed by atoms with E-state index < -0.39 is 23.3 Å². The van der Waals surface area contributed by atoms with Crippen molar-refractivity contribution >= 4 is 125 Å². The third-order valence-corrected chi connectivity index (χ3v) is 23.1. The Morgan fingerprint density at radius 2 is 1.02 bits per heavy atom. The number of piperidine rings is 1. The molecule has 5 fully saturated rings. The highest BCUT2D eigenvalue weighted by molar-refractivity contribution is 6.35. The standard InChI is InChI=1S/C27H28ClF3N4O.C26H31Cl2N5O.C25H29Cl2N5O/c1-17(22-8-7-21(28)15-23(22)27(29,30)31)35-25-14-19(5-6-20(25)16-33-35)18-9-12-34(13-10-18)26(36)24-4-2-3-11-32-24;1-17-16-31(11-12-32(17)25(34)26(29)9-3-4-10-26)21-7-5-19-15-30-33(24(19)14-21)18(2)22-8-6-20(27)13-23(22)28;1-16-15-30(10-11-31(16)25(33)23-4-3-9-28-23)20-7-5-18-14-29-32(24(18)13-20)17(2)21-8-6-19(26)12-22(21)27/h5-9,14-17,24,32H,2-4,10-13H2,1H3;5-8,13-15,17-18H,3-4,9-12,16,29H2,1-2H3;5-8,12-14,16-17,23,28H,3-4,9-11,15H2,1-2H3/t17?,24-;17-,18?;16-,17?,23-/m111/s1. The zero-order chi connectivity index (χ0) is 72.6. The van der Waals surface area contributed by atoms with Crippen molar-refractivity contribution in [3.05, 3.63) is 187 Å². The molecule has 3 amide bonds. The van der Waals surface area contributed by atoms with Gasteiger partial charge < -0.3 is 40.9 Å². The highest BCUT2D eigenvalue weighted by Crippen LogP contribution is 2.41. The van der Waals surface area contributed by atoms with Crippen LogP contribution in [0, 0.1) is 0 Å². The average molecular weight is 1500 g/mol. The number of halogens is 8. The van der Waals surface area contributed by atoms with E-state index in [1.807, 2.05) is 78.9 Å². The highest BCUT2D eigenvalue weighted by Gasteiger charge is 2.43. The van der Waals surface area contributed by atoms with Gasteiger partial charge >= 0.3 is 6.18 Å². The first-order valence-electron chi connectivity index (χ1n) is 35.9. The number of aromatic nitrogens is 6. The minimum Gasteiger partial charge on any atom is -0.368 e. The van der Waals surface area contributed by atoms with E-state index in [9.17, 15) is 27.6 Å². The van der Waals surface area contributed by atoms with E-state index in [1.165, 1.54) is 12.1 Å². The highest BCUT2D eigenvalue weighted by atomic mass is 35.5. The second kappa shape index (κ2) is 31.3. The number of rotatable bonds is 12. The smallest absolute Gasteiger partial charge is 0.368 e. The minimum atomic E-state index is -4.52. The number of fused-ring (bicyclic) bond motifs is 3. The quantitative estimate of drug-likeness (QED) is 0.106. The molecule has 5 aliphatic heterocycles. The fourth-order valence-corrected chi connectivity index (χ4v) is 17.2. The van der Waals surface area contributed by atoms with Crippen LogP contribution in [0.4, 0.5) is 24.5 Å². The second-order valence-corrected chi connectivity index (χ2v) is 30.6. The SMILES string of the molecule is CC(c1ccc(Cl)cc1C(F)(F)F)n1ncc2ccc(C3=CCN(C(=O)[C@H]4CCCCN4)CC3)cc21.CC(c1ccc(Cl)cc1Cl)n1ncc2ccc(N3CCN(C(=O)C4(N)CCCC4)[C@H](C)C3)cc21.CC(c1ccc(Cl)cc1Cl)n1ncc2ccc(N3CCN(C(=O)[C@H]4CCCN4)[C@H](C)C3)cc21. The first-order chi connectivity index (χ1) is 49.4. The number of hydrogen-bond donors (Lipinski definition) is 3. The minimum absolute atomic E-state index is 0.00844. The Kier molecular flexibility index (Phi) is 22.5. The lowest BCUT2D eigenvalue weighted by Crippen LogP contribution is -2.61. The van der Waals surface area contributed by atoms with Crippen molar-refractivity contribution in [2.24, 2.45) is 5.73 Å². The molecule has 4 N–H and O–H groups in total. The predicted molar refractivity (Wildman–Crippen MR) is 408 cm³/mol. The lowest BCUT2D eigenvalue weighted by atomic mass is 9.95. The van der Waals surface area contributed by atoms with E-state index >= 15 is 0 Å². The van der Waals surface area contributed by atoms with Gasteiger partial charge in [-0.15, -0.1) is 0 Å². The molecule has 4 saturated heterocycles. The summed E-state index contributed by atoms with van der Waals surface area (Å²) in [6.07, 6.45) is 12.5. The zero-order valence-corrected chi connectivity index (χ0v) is 62.4. The molecule has 103 heavy (non-hydrogen) atoms. The van der Waals surface area contributed by atoms with Gasteiger partial charge in [-0.05, 0) is 199 Å². The van der Waals surface area contributed by atoms with Gasteiger partial charge in [0.15, 0.2) is 0 Å². The molecule has 0 bridgehead atoms. The van der Waals surface area contributed by atoms with E-state index in [2.05, 4.69) is 106 Å². The number of nitrogens with zero attached hydrogens (tertiary/aromatic N) is 11. The van der Waals surface area contributed by atoms with E-state index in [1.54, 1.807) is 29.9 Å². The fourth-order valence-electron chi connectivity index (χ4n) is 15.9. The number of hydrogen-bond acceptors (Lipinski definition) is 11. The van der Waals surface area contributed by atoms with Crippen molar-refractivity contribution in [1.29, 1.82) is 0 Å². The van der Waals surface area contributed by atoms with Gasteiger partial charge in [0.1, 0.15) is 0 Å². The number of anilines is 2. The molecular weight excluding hydrogens is 1420 g/mol. The van der Waals surface area contributed by atoms with Gasteiger partial charge in [0.25, 0.3) is 0 Å². The number of nitrogens with one attached hydrogen (secondary N) is 2. The summed E-state index contributed by atoms with van der Waals surface area (Å²) in [5.41, 5.74) is 14.4. The van der Waals surface area contributed by atoms with Crippen molar-refractivity contribution in [2.75, 3.05) is 75.2 Å². The van der Waals surface area contributed by atoms with Gasteiger partial charge in [-0.3, -0.25) is 28.4 Å². The number of benzene rings is 6. The summed E-state index contributed by atoms with van der Waals surface area (Å²) in [4.78, 5) is 49.6. The van der Waals surface area contributed by atoms with Gasteiger partial charge in [-0.1, -0.05) is 114 Å². The van der Waals surface area contributed by atoms with Crippen LogP contribution in [0.25, 0.3) is 38.3 Å². The number of nitrogens with two attached hydrogens (primary N) is 1. The number of piperazine rings is 2. The van der Waals surface area contributed by atoms with Crippen molar-refractivity contribution in [3.63, 3.8) is 0 Å². The third-order valence-electron chi connectivity index (χ3n) is 21.8. The molecule has 1 saturated carbocycles. The number of alkyl halides is 3. The average Bonchev–Trinajstić information content (AvgIpc) is 1.77. The lowest BCUT2D eigenvalue weighted by molar-refractivity contribution is -0.139. The van der Waals surface area contributed by atoms with Gasteiger partial charge in [0, 0.05) is 117 Å². The summed E-state index contributed by atoms with van der Waals surface area (Å²) in [5.74, 6) is 0.539. The number of amides is 3. The molecule has 0 spiro atoms. The van der Waals surface area contributed by atoms with Crippen molar-refractivity contribution < 1.29 is 27.6 Å². The van der Waals surface area contributed by atoms with E-state index in [-0.39, 0.29) is 64.6 Å². The van der Waals surface area contributed by atoms with Crippen molar-refractivity contribution in [2.45, 2.75) is 153 Å². The third kappa shape index (κ3) is 15.9. The van der Waals surface area contributed by atoms with E-state index in [0.717, 1.165) is 182 Å². The van der Waals surface area contributed by atoms with Crippen LogP contribution in [0.5, 0.6) is 0 Å². The lowest BCUT2D eigenvalue weighted by Gasteiger charge is -2.43. The molecule has 9 aromatic rings. The Bertz CT molecular complexity index is 4620. The Morgan fingerprint density at radius 3 is 1.50 bits per heavy atom. The second-order valence-electron chi connectivity index (χ2n) is 28.5. The van der Waals surface area contributed by atoms with Crippen molar-refractivity contribution in [3.8, 4) is 0 Å². The summed E-state index contributed by atoms with van der Waals surface area (Å²) in [6, 6.07) is 33.3. The molecule has 8 heterocycles. The summed E-state index contributed by atoms with van der Waals surface area (Å²) in [5, 5.41) is 26.0. The van der Waals surface area contributed by atoms with Gasteiger partial charge in [0.2, 0.25) is 17.7 Å². The molecule has 17 nitrogen and oxygen atoms in total. The molecule has 15 rings (SSSR count). The fraction of sp³-hybridized carbons (Fsp3) is 0.436. The van der Waals surface area contributed by atoms with Crippen molar-refractivity contribution in [1.82, 2.24) is 54.7 Å². The Hall–Kier alpha value is -7.40. The summed E-state index contributed by atoms with van der Waals surface area (Å²) in [7, 11) is 0. The summed E-state index contributed by atoms with van der Waals surface area (Å²) in [6.45, 7) is 17.8. The number of carbonyl (C=O) groups excluding carboxylic acids is 3. The van der Waals surface area contributed by atoms with Gasteiger partial charge in [-0.25, -0.2) is 0 Å². The molecule has 1 aliphatic carbocycles. The zero-order valence-electron chi connectivity index (χ0n) is 58.6. The molecule has 3 aromatic heterocycles. The Morgan fingerprint density at radius 1 is 0.544 bits per heavy atom.